The Morgan fingerprint density at radius 3 is 2.42 bits per heavy atom. The van der Waals surface area contributed by atoms with Gasteiger partial charge in [-0.1, -0.05) is 12.1 Å². The zero-order valence-corrected chi connectivity index (χ0v) is 11.5. The van der Waals surface area contributed by atoms with Crippen molar-refractivity contribution in [3.63, 3.8) is 0 Å². The molecule has 0 unspecified atom stereocenters. The van der Waals surface area contributed by atoms with E-state index in [2.05, 4.69) is 4.90 Å². The molecule has 0 aliphatic carbocycles. The van der Waals surface area contributed by atoms with Crippen LogP contribution in [0.25, 0.3) is 0 Å². The van der Waals surface area contributed by atoms with Gasteiger partial charge < -0.3 is 14.6 Å². The predicted octanol–water partition coefficient (Wildman–Crippen LogP) is 1.62. The van der Waals surface area contributed by atoms with Crippen molar-refractivity contribution >= 4 is 5.97 Å². The number of ether oxygens (including phenoxy) is 2. The lowest BCUT2D eigenvalue weighted by molar-refractivity contribution is -0.137. The number of carboxylic acid groups (broad SMARTS) is 1. The first kappa shape index (κ1) is 15.5. The van der Waals surface area contributed by atoms with E-state index >= 15 is 0 Å². The van der Waals surface area contributed by atoms with Crippen molar-refractivity contribution in [2.75, 3.05) is 33.9 Å². The molecule has 0 fully saturated rings. The van der Waals surface area contributed by atoms with E-state index in [0.29, 0.717) is 19.7 Å². The van der Waals surface area contributed by atoms with Crippen molar-refractivity contribution in [2.45, 2.75) is 13.0 Å². The summed E-state index contributed by atoms with van der Waals surface area (Å²) in [6, 6.07) is 7.78. The molecule has 0 radical (unpaired) electrons. The first-order valence-corrected chi connectivity index (χ1v) is 6.21. The highest BCUT2D eigenvalue weighted by Gasteiger charge is 2.08. The van der Waals surface area contributed by atoms with E-state index in [1.807, 2.05) is 24.3 Å². The molecule has 0 aliphatic heterocycles. The predicted molar refractivity (Wildman–Crippen MR) is 72.4 cm³/mol. The second kappa shape index (κ2) is 8.50. The molecule has 5 heteroatoms. The Kier molecular flexibility index (Phi) is 6.92. The van der Waals surface area contributed by atoms with E-state index in [-0.39, 0.29) is 6.42 Å². The molecule has 0 bridgehead atoms. The first-order valence-electron chi connectivity index (χ1n) is 6.21. The third-order valence-corrected chi connectivity index (χ3v) is 2.82. The Morgan fingerprint density at radius 1 is 1.21 bits per heavy atom. The maximum Gasteiger partial charge on any atom is 0.304 e. The standard InChI is InChI=1S/C14H21NO4/c1-18-10-9-15(8-7-14(16)17)11-12-3-5-13(19-2)6-4-12/h3-6H,7-11H2,1-2H3,(H,16,17). The summed E-state index contributed by atoms with van der Waals surface area (Å²) in [5, 5.41) is 8.75. The number of aliphatic carboxylic acids is 1. The monoisotopic (exact) mass is 267 g/mol. The van der Waals surface area contributed by atoms with E-state index in [4.69, 9.17) is 14.6 Å². The normalized spacial score (nSPS) is 10.7. The van der Waals surface area contributed by atoms with Gasteiger partial charge in [-0.25, -0.2) is 0 Å². The third kappa shape index (κ3) is 6.22. The van der Waals surface area contributed by atoms with E-state index in [1.165, 1.54) is 0 Å². The number of carboxylic acids is 1. The summed E-state index contributed by atoms with van der Waals surface area (Å²) in [5.74, 6) is 0.0369. The minimum Gasteiger partial charge on any atom is -0.497 e. The van der Waals surface area contributed by atoms with Crippen LogP contribution < -0.4 is 4.74 Å². The molecule has 1 aromatic rings. The van der Waals surface area contributed by atoms with Gasteiger partial charge in [0.05, 0.1) is 20.1 Å². The Labute approximate surface area is 113 Å². The molecule has 0 aromatic heterocycles. The summed E-state index contributed by atoms with van der Waals surface area (Å²) in [7, 11) is 3.27. The average molecular weight is 267 g/mol. The number of carbonyl (C=O) groups is 1. The van der Waals surface area contributed by atoms with Crippen LogP contribution in [-0.4, -0.2) is 49.9 Å². The largest absolute Gasteiger partial charge is 0.497 e. The van der Waals surface area contributed by atoms with Gasteiger partial charge in [0.1, 0.15) is 5.75 Å². The Bertz CT molecular complexity index is 378. The topological polar surface area (TPSA) is 59.0 Å². The molecular formula is C14H21NO4. The molecule has 0 saturated heterocycles. The van der Waals surface area contributed by atoms with Gasteiger partial charge in [-0.15, -0.1) is 0 Å². The van der Waals surface area contributed by atoms with Gasteiger partial charge in [-0.3, -0.25) is 9.69 Å². The molecule has 0 heterocycles. The summed E-state index contributed by atoms with van der Waals surface area (Å²) in [5.41, 5.74) is 1.13. The third-order valence-electron chi connectivity index (χ3n) is 2.82. The minimum atomic E-state index is -0.780. The number of methoxy groups -OCH3 is 2. The zero-order valence-electron chi connectivity index (χ0n) is 11.5. The van der Waals surface area contributed by atoms with Crippen LogP contribution in [0.5, 0.6) is 5.75 Å². The first-order chi connectivity index (χ1) is 9.15. The van der Waals surface area contributed by atoms with Gasteiger partial charge in [0.25, 0.3) is 0 Å². The van der Waals surface area contributed by atoms with Crippen molar-refractivity contribution in [3.8, 4) is 5.75 Å². The smallest absolute Gasteiger partial charge is 0.304 e. The summed E-state index contributed by atoms with van der Waals surface area (Å²) in [4.78, 5) is 12.7. The fraction of sp³-hybridized carbons (Fsp3) is 0.500. The number of hydrogen-bond donors (Lipinski definition) is 1. The lowest BCUT2D eigenvalue weighted by Gasteiger charge is -2.21. The van der Waals surface area contributed by atoms with Gasteiger partial charge in [-0.05, 0) is 17.7 Å². The highest BCUT2D eigenvalue weighted by atomic mass is 16.5. The number of hydrogen-bond acceptors (Lipinski definition) is 4. The second-order valence-corrected chi connectivity index (χ2v) is 4.26. The SMILES string of the molecule is COCCN(CCC(=O)O)Cc1ccc(OC)cc1. The van der Waals surface area contributed by atoms with E-state index in [1.54, 1.807) is 14.2 Å². The molecule has 0 spiro atoms. The van der Waals surface area contributed by atoms with Crippen LogP contribution >= 0.6 is 0 Å². The van der Waals surface area contributed by atoms with Crippen molar-refractivity contribution < 1.29 is 19.4 Å². The maximum atomic E-state index is 10.6. The quantitative estimate of drug-likeness (QED) is 0.736. The Balaban J connectivity index is 2.55. The average Bonchev–Trinajstić information content (AvgIpc) is 2.42. The summed E-state index contributed by atoms with van der Waals surface area (Å²) < 4.78 is 10.2. The van der Waals surface area contributed by atoms with Crippen LogP contribution in [0.1, 0.15) is 12.0 Å². The summed E-state index contributed by atoms with van der Waals surface area (Å²) >= 11 is 0. The van der Waals surface area contributed by atoms with Crippen molar-refractivity contribution in [2.24, 2.45) is 0 Å². The van der Waals surface area contributed by atoms with Gasteiger partial charge in [0.2, 0.25) is 0 Å². The summed E-state index contributed by atoms with van der Waals surface area (Å²) in [6.45, 7) is 2.54. The fourth-order valence-corrected chi connectivity index (χ4v) is 1.73. The minimum absolute atomic E-state index is 0.139. The molecule has 19 heavy (non-hydrogen) atoms. The molecule has 0 saturated carbocycles. The Hall–Kier alpha value is -1.59. The van der Waals surface area contributed by atoms with E-state index < -0.39 is 5.97 Å². The van der Waals surface area contributed by atoms with Crippen LogP contribution in [0.3, 0.4) is 0 Å². The number of nitrogens with zero attached hydrogens (tertiary/aromatic N) is 1. The highest BCUT2D eigenvalue weighted by Crippen LogP contribution is 2.13. The molecule has 1 aromatic carbocycles. The lowest BCUT2D eigenvalue weighted by atomic mass is 10.2. The van der Waals surface area contributed by atoms with Crippen molar-refractivity contribution in [1.82, 2.24) is 4.90 Å². The summed E-state index contributed by atoms with van der Waals surface area (Å²) in [6.07, 6.45) is 0.139. The lowest BCUT2D eigenvalue weighted by Crippen LogP contribution is -2.29. The molecule has 0 amide bonds. The zero-order chi connectivity index (χ0) is 14.1. The van der Waals surface area contributed by atoms with Crippen molar-refractivity contribution in [3.05, 3.63) is 29.8 Å². The second-order valence-electron chi connectivity index (χ2n) is 4.26. The molecule has 0 atom stereocenters. The molecule has 1 rings (SSSR count). The number of rotatable bonds is 9. The van der Waals surface area contributed by atoms with Crippen LogP contribution in [-0.2, 0) is 16.1 Å². The van der Waals surface area contributed by atoms with E-state index in [9.17, 15) is 4.79 Å². The molecule has 5 nitrogen and oxygen atoms in total. The van der Waals surface area contributed by atoms with Crippen LogP contribution in [0.15, 0.2) is 24.3 Å². The van der Waals surface area contributed by atoms with Gasteiger partial charge in [-0.2, -0.15) is 0 Å². The van der Waals surface area contributed by atoms with Gasteiger partial charge in [0.15, 0.2) is 0 Å². The maximum absolute atomic E-state index is 10.6. The molecule has 106 valence electrons. The highest BCUT2D eigenvalue weighted by molar-refractivity contribution is 5.66. The number of benzene rings is 1. The fourth-order valence-electron chi connectivity index (χ4n) is 1.73. The molecule has 0 aliphatic rings. The van der Waals surface area contributed by atoms with Crippen molar-refractivity contribution in [1.29, 1.82) is 0 Å². The Morgan fingerprint density at radius 2 is 1.89 bits per heavy atom. The van der Waals surface area contributed by atoms with E-state index in [0.717, 1.165) is 17.9 Å². The van der Waals surface area contributed by atoms with Crippen LogP contribution in [0, 0.1) is 0 Å². The molecule has 1 N–H and O–H groups in total. The van der Waals surface area contributed by atoms with Gasteiger partial charge in [0, 0.05) is 26.7 Å². The van der Waals surface area contributed by atoms with Crippen LogP contribution in [0.2, 0.25) is 0 Å². The van der Waals surface area contributed by atoms with Gasteiger partial charge >= 0.3 is 5.97 Å². The molecular weight excluding hydrogens is 246 g/mol. The van der Waals surface area contributed by atoms with Crippen LogP contribution in [0.4, 0.5) is 0 Å².